The minimum atomic E-state index is 0.229. The van der Waals surface area contributed by atoms with E-state index in [-0.39, 0.29) is 5.84 Å². The molecule has 17 heavy (non-hydrogen) atoms. The van der Waals surface area contributed by atoms with Gasteiger partial charge < -0.3 is 10.5 Å². The average molecular weight is 232 g/mol. The van der Waals surface area contributed by atoms with Gasteiger partial charge in [0, 0.05) is 6.54 Å². The summed E-state index contributed by atoms with van der Waals surface area (Å²) in [6.45, 7) is 2.56. The van der Waals surface area contributed by atoms with Gasteiger partial charge in [0.15, 0.2) is 11.5 Å². The number of hydrogen-bond donors (Lipinski definition) is 2. The van der Waals surface area contributed by atoms with Crippen molar-refractivity contribution in [3.8, 4) is 0 Å². The van der Waals surface area contributed by atoms with Gasteiger partial charge >= 0.3 is 0 Å². The number of nitrogens with one attached hydrogen (secondary N) is 1. The van der Waals surface area contributed by atoms with Crippen LogP contribution in [0.5, 0.6) is 0 Å². The van der Waals surface area contributed by atoms with E-state index < -0.39 is 0 Å². The van der Waals surface area contributed by atoms with Crippen molar-refractivity contribution in [2.75, 3.05) is 0 Å². The van der Waals surface area contributed by atoms with Crippen LogP contribution in [-0.4, -0.2) is 21.4 Å². The normalized spacial score (nSPS) is 11.5. The molecule has 2 N–H and O–H groups in total. The summed E-state index contributed by atoms with van der Waals surface area (Å²) >= 11 is 0. The topological polar surface area (TPSA) is 83.5 Å². The Morgan fingerprint density at radius 3 is 2.76 bits per heavy atom. The zero-order chi connectivity index (χ0) is 12.1. The molecule has 6 nitrogen and oxygen atoms in total. The maximum absolute atomic E-state index is 8.84. The molecule has 0 fully saturated rings. The molecule has 1 aromatic heterocycles. The molecule has 6 heteroatoms. The fourth-order valence-corrected chi connectivity index (χ4v) is 1.34. The highest BCUT2D eigenvalue weighted by Gasteiger charge is 2.07. The lowest BCUT2D eigenvalue weighted by atomic mass is 10.1. The van der Waals surface area contributed by atoms with Crippen molar-refractivity contribution in [3.05, 3.63) is 47.3 Å². The number of nitrogens with zero attached hydrogens (tertiary/aromatic N) is 3. The molecular formula is C11H12N4O2. The average Bonchev–Trinajstić information content (AvgIpc) is 2.86. The lowest BCUT2D eigenvalue weighted by Gasteiger charge is -2.05. The number of aryl methyl sites for hydroxylation is 1. The number of rotatable bonds is 3. The quantitative estimate of drug-likeness (QED) is 0.361. The third-order valence-corrected chi connectivity index (χ3v) is 2.28. The Morgan fingerprint density at radius 1 is 1.41 bits per heavy atom. The number of aromatic nitrogens is 2. The number of oxime groups is 1. The molecule has 0 saturated carbocycles. The van der Waals surface area contributed by atoms with Crippen molar-refractivity contribution in [2.45, 2.75) is 13.5 Å². The van der Waals surface area contributed by atoms with E-state index in [1.807, 2.05) is 31.2 Å². The molecule has 0 aliphatic heterocycles. The van der Waals surface area contributed by atoms with E-state index in [0.717, 1.165) is 5.56 Å². The van der Waals surface area contributed by atoms with Gasteiger partial charge in [0.25, 0.3) is 0 Å². The van der Waals surface area contributed by atoms with Crippen LogP contribution >= 0.6 is 0 Å². The fourth-order valence-electron chi connectivity index (χ4n) is 1.34. The molecule has 1 aromatic carbocycles. The highest BCUT2D eigenvalue weighted by molar-refractivity contribution is 5.96. The van der Waals surface area contributed by atoms with Crippen molar-refractivity contribution in [1.82, 2.24) is 15.6 Å². The van der Waals surface area contributed by atoms with Crippen LogP contribution in [0.1, 0.15) is 16.8 Å². The highest BCUT2D eigenvalue weighted by Crippen LogP contribution is 2.03. The molecule has 0 amide bonds. The van der Waals surface area contributed by atoms with Gasteiger partial charge in [-0.1, -0.05) is 40.1 Å². The number of hydrogen-bond acceptors (Lipinski definition) is 5. The molecule has 0 aliphatic rings. The molecule has 0 unspecified atom stereocenters. The predicted octanol–water partition coefficient (Wildman–Crippen LogP) is 1.30. The van der Waals surface area contributed by atoms with Gasteiger partial charge in [0.05, 0.1) is 0 Å². The Balaban J connectivity index is 2.00. The SMILES string of the molecule is Cc1ccc(CNC(=NO)c2cnon2)cc1. The predicted molar refractivity (Wildman–Crippen MR) is 60.6 cm³/mol. The molecule has 2 aromatic rings. The van der Waals surface area contributed by atoms with E-state index in [1.165, 1.54) is 11.8 Å². The maximum atomic E-state index is 8.84. The molecule has 0 aliphatic carbocycles. The second-order valence-corrected chi connectivity index (χ2v) is 3.58. The van der Waals surface area contributed by atoms with E-state index in [2.05, 4.69) is 25.4 Å². The van der Waals surface area contributed by atoms with Crippen molar-refractivity contribution in [1.29, 1.82) is 0 Å². The van der Waals surface area contributed by atoms with Crippen molar-refractivity contribution in [3.63, 3.8) is 0 Å². The van der Waals surface area contributed by atoms with Gasteiger partial charge in [0.1, 0.15) is 6.20 Å². The molecule has 0 atom stereocenters. The largest absolute Gasteiger partial charge is 0.409 e. The van der Waals surface area contributed by atoms with E-state index in [0.29, 0.717) is 12.2 Å². The molecule has 0 spiro atoms. The first-order chi connectivity index (χ1) is 8.29. The Morgan fingerprint density at radius 2 is 2.18 bits per heavy atom. The summed E-state index contributed by atoms with van der Waals surface area (Å²) in [4.78, 5) is 0. The van der Waals surface area contributed by atoms with Gasteiger partial charge in [-0.25, -0.2) is 4.63 Å². The Kier molecular flexibility index (Phi) is 3.34. The molecule has 88 valence electrons. The molecule has 1 heterocycles. The Hall–Kier alpha value is -2.37. The summed E-state index contributed by atoms with van der Waals surface area (Å²) in [5.41, 5.74) is 2.64. The van der Waals surface area contributed by atoms with Gasteiger partial charge in [-0.3, -0.25) is 0 Å². The molecule has 2 rings (SSSR count). The van der Waals surface area contributed by atoms with Gasteiger partial charge in [-0.15, -0.1) is 0 Å². The number of amidine groups is 1. The second-order valence-electron chi connectivity index (χ2n) is 3.58. The maximum Gasteiger partial charge on any atom is 0.196 e. The Bertz CT molecular complexity index is 491. The van der Waals surface area contributed by atoms with Crippen molar-refractivity contribution in [2.24, 2.45) is 5.16 Å². The van der Waals surface area contributed by atoms with Gasteiger partial charge in [-0.2, -0.15) is 0 Å². The lowest BCUT2D eigenvalue weighted by molar-refractivity contribution is 0.302. The third-order valence-electron chi connectivity index (χ3n) is 2.28. The lowest BCUT2D eigenvalue weighted by Crippen LogP contribution is -2.24. The summed E-state index contributed by atoms with van der Waals surface area (Å²) in [6, 6.07) is 8.03. The van der Waals surface area contributed by atoms with E-state index in [9.17, 15) is 0 Å². The van der Waals surface area contributed by atoms with Gasteiger partial charge in [-0.05, 0) is 17.6 Å². The summed E-state index contributed by atoms with van der Waals surface area (Å²) in [5, 5.41) is 21.9. The van der Waals surface area contributed by atoms with Crippen LogP contribution < -0.4 is 5.32 Å². The monoisotopic (exact) mass is 232 g/mol. The molecular weight excluding hydrogens is 220 g/mol. The summed E-state index contributed by atoms with van der Waals surface area (Å²) in [6.07, 6.45) is 1.37. The fraction of sp³-hybridized carbons (Fsp3) is 0.182. The van der Waals surface area contributed by atoms with E-state index >= 15 is 0 Å². The minimum Gasteiger partial charge on any atom is -0.409 e. The third kappa shape index (κ3) is 2.81. The summed E-state index contributed by atoms with van der Waals surface area (Å²) in [5.74, 6) is 0.229. The summed E-state index contributed by atoms with van der Waals surface area (Å²) < 4.78 is 4.43. The van der Waals surface area contributed by atoms with Crippen molar-refractivity contribution >= 4 is 5.84 Å². The van der Waals surface area contributed by atoms with Crippen LogP contribution in [-0.2, 0) is 6.54 Å². The summed E-state index contributed by atoms with van der Waals surface area (Å²) in [7, 11) is 0. The second kappa shape index (κ2) is 5.11. The van der Waals surface area contributed by atoms with E-state index in [4.69, 9.17) is 5.21 Å². The van der Waals surface area contributed by atoms with Crippen LogP contribution in [0.3, 0.4) is 0 Å². The first-order valence-electron chi connectivity index (χ1n) is 5.09. The zero-order valence-corrected chi connectivity index (χ0v) is 9.29. The number of benzene rings is 1. The standard InChI is InChI=1S/C11H12N4O2/c1-8-2-4-9(5-3-8)6-12-11(14-16)10-7-13-17-15-10/h2-5,7,16H,6H2,1H3,(H,12,14). The van der Waals surface area contributed by atoms with Crippen LogP contribution in [0, 0.1) is 6.92 Å². The van der Waals surface area contributed by atoms with Crippen LogP contribution in [0.25, 0.3) is 0 Å². The molecule has 0 saturated heterocycles. The molecule has 0 radical (unpaired) electrons. The van der Waals surface area contributed by atoms with Crippen LogP contribution in [0.4, 0.5) is 0 Å². The van der Waals surface area contributed by atoms with Crippen LogP contribution in [0.15, 0.2) is 40.2 Å². The highest BCUT2D eigenvalue weighted by atomic mass is 16.6. The minimum absolute atomic E-state index is 0.229. The van der Waals surface area contributed by atoms with Gasteiger partial charge in [0.2, 0.25) is 0 Å². The molecule has 0 bridgehead atoms. The van der Waals surface area contributed by atoms with E-state index in [1.54, 1.807) is 0 Å². The first kappa shape index (κ1) is 11.1. The first-order valence-corrected chi connectivity index (χ1v) is 5.09. The smallest absolute Gasteiger partial charge is 0.196 e. The van der Waals surface area contributed by atoms with Crippen molar-refractivity contribution < 1.29 is 9.84 Å². The van der Waals surface area contributed by atoms with Crippen LogP contribution in [0.2, 0.25) is 0 Å². The zero-order valence-electron chi connectivity index (χ0n) is 9.29. The Labute approximate surface area is 97.9 Å².